The highest BCUT2D eigenvalue weighted by molar-refractivity contribution is 6.15. The van der Waals surface area contributed by atoms with Crippen molar-refractivity contribution in [2.45, 2.75) is 25.2 Å². The lowest BCUT2D eigenvalue weighted by Crippen LogP contribution is -2.30. The molecule has 54 heavy (non-hydrogen) atoms. The maximum absolute atomic E-state index is 6.56. The molecule has 3 nitrogen and oxygen atoms in total. The molecule has 1 unspecified atom stereocenters. The second-order valence-electron chi connectivity index (χ2n) is 14.8. The molecular weight excluding hydrogens is 657 g/mol. The first-order valence-corrected chi connectivity index (χ1v) is 19.1. The summed E-state index contributed by atoms with van der Waals surface area (Å²) in [5, 5.41) is 6.08. The van der Waals surface area contributed by atoms with Crippen LogP contribution in [-0.2, 0) is 6.42 Å². The van der Waals surface area contributed by atoms with Crippen LogP contribution in [0.3, 0.4) is 0 Å². The van der Waals surface area contributed by atoms with Gasteiger partial charge >= 0.3 is 0 Å². The zero-order valence-corrected chi connectivity index (χ0v) is 30.0. The van der Waals surface area contributed by atoms with Crippen LogP contribution in [0.15, 0.2) is 168 Å². The Labute approximate surface area is 314 Å². The van der Waals surface area contributed by atoms with E-state index in [4.69, 9.17) is 4.42 Å². The van der Waals surface area contributed by atoms with Gasteiger partial charge in [0.05, 0.1) is 10.9 Å². The summed E-state index contributed by atoms with van der Waals surface area (Å²) in [7, 11) is 0. The lowest BCUT2D eigenvalue weighted by molar-refractivity contribution is 0.653. The molecular formula is C51H38N2O. The minimum atomic E-state index is 0.401. The molecule has 3 heterocycles. The van der Waals surface area contributed by atoms with E-state index in [9.17, 15) is 0 Å². The second-order valence-corrected chi connectivity index (χ2v) is 14.8. The molecule has 0 saturated carbocycles. The van der Waals surface area contributed by atoms with E-state index in [1.807, 2.05) is 0 Å². The number of hydrogen-bond acceptors (Lipinski definition) is 2. The fraction of sp³-hybridized carbons (Fsp3) is 0.0980. The van der Waals surface area contributed by atoms with Crippen LogP contribution in [0.4, 0.5) is 11.4 Å². The molecule has 1 aliphatic carbocycles. The van der Waals surface area contributed by atoms with Gasteiger partial charge in [0.15, 0.2) is 0 Å². The summed E-state index contributed by atoms with van der Waals surface area (Å²) in [5.41, 5.74) is 14.5. The number of benzene rings is 7. The average Bonchev–Trinajstić information content (AvgIpc) is 3.80. The van der Waals surface area contributed by atoms with Crippen LogP contribution in [-0.4, -0.2) is 11.1 Å². The van der Waals surface area contributed by atoms with Crippen LogP contribution in [0, 0.1) is 0 Å². The standard InChI is InChI=1S/C51H38N2O/c1-3-12-34(13-4-1)38-24-28-46-39(30-38)31-40(35-14-5-2-6-15-35)33-52(46)41-25-22-36(23-26-41)37-16-11-17-42(32-37)53-47-20-9-7-19-45(47)50-48(53)29-27-44-43-18-8-10-21-49(43)54-51(44)50/h1-6,8,10-30,32,40H,7,9,31,33H2. The topological polar surface area (TPSA) is 21.3 Å². The van der Waals surface area contributed by atoms with Crippen molar-refractivity contribution < 1.29 is 4.42 Å². The quantitative estimate of drug-likeness (QED) is 0.179. The van der Waals surface area contributed by atoms with E-state index in [1.54, 1.807) is 0 Å². The molecule has 2 aromatic heterocycles. The zero-order chi connectivity index (χ0) is 35.6. The van der Waals surface area contributed by atoms with Gasteiger partial charge in [-0.25, -0.2) is 0 Å². The molecule has 7 aromatic carbocycles. The third-order valence-electron chi connectivity index (χ3n) is 11.6. The predicted molar refractivity (Wildman–Crippen MR) is 225 cm³/mol. The van der Waals surface area contributed by atoms with E-state index in [2.05, 4.69) is 185 Å². The molecule has 0 fully saturated rings. The fourth-order valence-corrected chi connectivity index (χ4v) is 9.06. The Morgan fingerprint density at radius 3 is 2.13 bits per heavy atom. The van der Waals surface area contributed by atoms with Crippen LogP contribution in [0.25, 0.3) is 72.9 Å². The Bertz CT molecular complexity index is 2990. The minimum absolute atomic E-state index is 0.401. The van der Waals surface area contributed by atoms with Crippen molar-refractivity contribution in [3.8, 4) is 27.9 Å². The van der Waals surface area contributed by atoms with E-state index in [1.165, 1.54) is 77.0 Å². The van der Waals surface area contributed by atoms with Crippen LogP contribution in [0.2, 0.25) is 0 Å². The van der Waals surface area contributed by atoms with Crippen molar-refractivity contribution in [2.24, 2.45) is 0 Å². The molecule has 0 bridgehead atoms. The van der Waals surface area contributed by atoms with Crippen molar-refractivity contribution in [3.63, 3.8) is 0 Å². The van der Waals surface area contributed by atoms with Gasteiger partial charge in [0, 0.05) is 50.9 Å². The van der Waals surface area contributed by atoms with E-state index in [0.717, 1.165) is 42.7 Å². The van der Waals surface area contributed by atoms with Crippen LogP contribution >= 0.6 is 0 Å². The molecule has 0 saturated heterocycles. The summed E-state index contributed by atoms with van der Waals surface area (Å²) in [6.07, 6.45) is 7.89. The zero-order valence-electron chi connectivity index (χ0n) is 30.0. The van der Waals surface area contributed by atoms with Crippen LogP contribution < -0.4 is 15.5 Å². The molecule has 0 N–H and O–H groups in total. The van der Waals surface area contributed by atoms with Gasteiger partial charge in [0.2, 0.25) is 0 Å². The fourth-order valence-electron chi connectivity index (χ4n) is 9.06. The molecule has 0 radical (unpaired) electrons. The first-order valence-electron chi connectivity index (χ1n) is 19.1. The first kappa shape index (κ1) is 31.0. The lowest BCUT2D eigenvalue weighted by atomic mass is 9.85. The smallest absolute Gasteiger partial charge is 0.145 e. The summed E-state index contributed by atoms with van der Waals surface area (Å²) in [4.78, 5) is 2.52. The van der Waals surface area contributed by atoms with Gasteiger partial charge in [0.25, 0.3) is 0 Å². The van der Waals surface area contributed by atoms with Gasteiger partial charge in [-0.15, -0.1) is 0 Å². The Kier molecular flexibility index (Phi) is 7.19. The number of hydrogen-bond donors (Lipinski definition) is 0. The van der Waals surface area contributed by atoms with Gasteiger partial charge < -0.3 is 13.9 Å². The first-order chi connectivity index (χ1) is 26.8. The van der Waals surface area contributed by atoms with Gasteiger partial charge in [-0.1, -0.05) is 121 Å². The van der Waals surface area contributed by atoms with Crippen LogP contribution in [0.1, 0.15) is 29.9 Å². The minimum Gasteiger partial charge on any atom is -0.455 e. The third kappa shape index (κ3) is 5.03. The van der Waals surface area contributed by atoms with Gasteiger partial charge in [-0.3, -0.25) is 0 Å². The average molecular weight is 695 g/mol. The second kappa shape index (κ2) is 12.5. The third-order valence-corrected chi connectivity index (χ3v) is 11.6. The highest BCUT2D eigenvalue weighted by atomic mass is 16.3. The molecule has 2 aliphatic rings. The number of anilines is 2. The Morgan fingerprint density at radius 1 is 0.537 bits per heavy atom. The van der Waals surface area contributed by atoms with Gasteiger partial charge in [0.1, 0.15) is 11.2 Å². The van der Waals surface area contributed by atoms with Gasteiger partial charge in [-0.05, 0) is 107 Å². The van der Waals surface area contributed by atoms with Crippen molar-refractivity contribution in [1.82, 2.24) is 4.57 Å². The largest absolute Gasteiger partial charge is 0.455 e. The van der Waals surface area contributed by atoms with Gasteiger partial charge in [-0.2, -0.15) is 0 Å². The summed E-state index contributed by atoms with van der Waals surface area (Å²) >= 11 is 0. The maximum atomic E-state index is 6.56. The molecule has 1 aliphatic heterocycles. The number of aromatic nitrogens is 1. The summed E-state index contributed by atoms with van der Waals surface area (Å²) in [6.45, 7) is 0.939. The molecule has 1 atom stereocenters. The van der Waals surface area contributed by atoms with Crippen molar-refractivity contribution in [2.75, 3.05) is 11.4 Å². The summed E-state index contributed by atoms with van der Waals surface area (Å²) < 4.78 is 9.00. The maximum Gasteiger partial charge on any atom is 0.145 e. The molecule has 258 valence electrons. The number of para-hydroxylation sites is 1. The normalized spacial score (nSPS) is 15.2. The summed E-state index contributed by atoms with van der Waals surface area (Å²) in [6, 6.07) is 59.8. The van der Waals surface area contributed by atoms with Crippen molar-refractivity contribution in [1.29, 1.82) is 0 Å². The Hall–Kier alpha value is -6.58. The highest BCUT2D eigenvalue weighted by Gasteiger charge is 2.27. The Morgan fingerprint density at radius 2 is 1.26 bits per heavy atom. The monoisotopic (exact) mass is 694 g/mol. The predicted octanol–water partition coefficient (Wildman–Crippen LogP) is 11.7. The van der Waals surface area contributed by atoms with Crippen molar-refractivity contribution in [3.05, 3.63) is 185 Å². The Balaban J connectivity index is 0.980. The van der Waals surface area contributed by atoms with E-state index >= 15 is 0 Å². The highest BCUT2D eigenvalue weighted by Crippen LogP contribution is 2.41. The van der Waals surface area contributed by atoms with E-state index in [-0.39, 0.29) is 0 Å². The van der Waals surface area contributed by atoms with E-state index < -0.39 is 0 Å². The van der Waals surface area contributed by atoms with Crippen molar-refractivity contribution >= 4 is 56.4 Å². The lowest BCUT2D eigenvalue weighted by Gasteiger charge is -2.37. The molecule has 3 heteroatoms. The molecule has 11 rings (SSSR count). The van der Waals surface area contributed by atoms with E-state index in [0.29, 0.717) is 5.92 Å². The number of fused-ring (bicyclic) bond motifs is 8. The molecule has 9 aromatic rings. The van der Waals surface area contributed by atoms with Crippen LogP contribution in [0.5, 0.6) is 0 Å². The number of nitrogens with zero attached hydrogens (tertiary/aromatic N) is 2. The molecule has 0 amide bonds. The summed E-state index contributed by atoms with van der Waals surface area (Å²) in [5.74, 6) is 0.401. The SMILES string of the molecule is C1=c2c(n(-c3cccc(-c4ccc(N5CC(c6ccccc6)Cc6cc(-c7ccccc7)ccc65)cc4)c3)c3ccc4c5ccccc5oc4c23)=CCC1. The number of rotatable bonds is 5. The molecule has 0 spiro atoms. The number of furan rings is 1.